The predicted molar refractivity (Wildman–Crippen MR) is 244 cm³/mol. The van der Waals surface area contributed by atoms with Gasteiger partial charge in [0.15, 0.2) is 0 Å². The second kappa shape index (κ2) is 33.1. The molecule has 3 aliphatic carbocycles. The van der Waals surface area contributed by atoms with Gasteiger partial charge in [-0.15, -0.1) is 0 Å². The molecular formula is C50H87NO13. The van der Waals surface area contributed by atoms with Crippen molar-refractivity contribution in [1.29, 1.82) is 0 Å². The largest absolute Gasteiger partial charge is 0.508 e. The molecule has 0 aliphatic heterocycles. The summed E-state index contributed by atoms with van der Waals surface area (Å²) in [5.41, 5.74) is -1.67. The first-order valence-corrected chi connectivity index (χ1v) is 25.1. The predicted octanol–water partition coefficient (Wildman–Crippen LogP) is 10.1. The van der Waals surface area contributed by atoms with Crippen LogP contribution in [0, 0.1) is 28.6 Å². The lowest BCUT2D eigenvalue weighted by atomic mass is 9.65. The maximum Gasteiger partial charge on any atom is 0.508 e. The molecule has 14 heteroatoms. The van der Waals surface area contributed by atoms with Crippen molar-refractivity contribution in [2.24, 2.45) is 28.6 Å². The minimum atomic E-state index is -1.49. The average Bonchev–Trinajstić information content (AvgIpc) is 3.50. The zero-order valence-corrected chi connectivity index (χ0v) is 40.8. The SMILES string of the molecule is CCCCCCCOC(=O)CCCC(=O)OCC(COC(=O)CCCC(=O)OCCCCCCC)(COC(=O)CC12CCC(CC(C)C1)C(C)C2)COC(=O)OCCCN(CC)CC. The Hall–Kier alpha value is -3.42. The molecule has 3 fully saturated rings. The van der Waals surface area contributed by atoms with Crippen LogP contribution in [0.2, 0.25) is 0 Å². The number of esters is 5. The molecule has 0 aromatic heterocycles. The van der Waals surface area contributed by atoms with E-state index < -0.39 is 49.3 Å². The highest BCUT2D eigenvalue weighted by molar-refractivity contribution is 5.73. The lowest BCUT2D eigenvalue weighted by molar-refractivity contribution is -0.167. The number of hydrogen-bond donors (Lipinski definition) is 0. The number of hydrogen-bond acceptors (Lipinski definition) is 14. The number of carbonyl (C=O) groups is 6. The summed E-state index contributed by atoms with van der Waals surface area (Å²) in [7, 11) is 0. The third-order valence-corrected chi connectivity index (χ3v) is 13.0. The summed E-state index contributed by atoms with van der Waals surface area (Å²) in [6.45, 7) is 14.5. The van der Waals surface area contributed by atoms with Crippen LogP contribution in [0.4, 0.5) is 4.79 Å². The van der Waals surface area contributed by atoms with Crippen LogP contribution in [-0.2, 0) is 57.1 Å². The van der Waals surface area contributed by atoms with Gasteiger partial charge in [-0.1, -0.05) is 92.9 Å². The topological polar surface area (TPSA) is 170 Å². The molecule has 3 saturated carbocycles. The summed E-state index contributed by atoms with van der Waals surface area (Å²) < 4.78 is 39.1. The fourth-order valence-electron chi connectivity index (χ4n) is 9.21. The summed E-state index contributed by atoms with van der Waals surface area (Å²) in [5.74, 6) is -0.805. The fourth-order valence-corrected chi connectivity index (χ4v) is 9.21. The second-order valence-corrected chi connectivity index (χ2v) is 18.9. The van der Waals surface area contributed by atoms with Gasteiger partial charge >= 0.3 is 36.0 Å². The van der Waals surface area contributed by atoms with Gasteiger partial charge in [-0.3, -0.25) is 24.0 Å². The normalized spacial score (nSPS) is 19.4. The van der Waals surface area contributed by atoms with E-state index in [0.29, 0.717) is 37.4 Å². The number of carbonyl (C=O) groups excluding carboxylic acids is 6. The van der Waals surface area contributed by atoms with Gasteiger partial charge in [0.25, 0.3) is 0 Å². The molecule has 0 N–H and O–H groups in total. The highest BCUT2D eigenvalue weighted by Gasteiger charge is 2.46. The van der Waals surface area contributed by atoms with E-state index in [1.54, 1.807) is 0 Å². The van der Waals surface area contributed by atoms with Crippen LogP contribution in [-0.4, -0.2) is 107 Å². The highest BCUT2D eigenvalue weighted by Crippen LogP contribution is 2.54. The molecule has 2 bridgehead atoms. The van der Waals surface area contributed by atoms with Crippen LogP contribution in [0.15, 0.2) is 0 Å². The minimum absolute atomic E-state index is 0.0416. The van der Waals surface area contributed by atoms with Gasteiger partial charge in [0.05, 0.1) is 26.2 Å². The summed E-state index contributed by atoms with van der Waals surface area (Å²) >= 11 is 0. The smallest absolute Gasteiger partial charge is 0.466 e. The van der Waals surface area contributed by atoms with Gasteiger partial charge in [-0.2, -0.15) is 0 Å². The zero-order valence-electron chi connectivity index (χ0n) is 40.8. The van der Waals surface area contributed by atoms with Crippen LogP contribution >= 0.6 is 0 Å². The van der Waals surface area contributed by atoms with E-state index in [4.69, 9.17) is 33.2 Å². The molecule has 0 aromatic carbocycles. The number of unbranched alkanes of at least 4 members (excludes halogenated alkanes) is 8. The van der Waals surface area contributed by atoms with Crippen LogP contribution in [0.5, 0.6) is 0 Å². The Labute approximate surface area is 385 Å². The molecular weight excluding hydrogens is 823 g/mol. The van der Waals surface area contributed by atoms with Crippen molar-refractivity contribution in [1.82, 2.24) is 4.90 Å². The molecule has 0 aromatic rings. The number of rotatable bonds is 36. The number of ether oxygens (including phenoxy) is 7. The second-order valence-electron chi connectivity index (χ2n) is 18.9. The van der Waals surface area contributed by atoms with E-state index >= 15 is 0 Å². The van der Waals surface area contributed by atoms with E-state index in [1.165, 1.54) is 0 Å². The molecule has 64 heavy (non-hydrogen) atoms. The lowest BCUT2D eigenvalue weighted by Crippen LogP contribution is -2.44. The molecule has 14 nitrogen and oxygen atoms in total. The van der Waals surface area contributed by atoms with Gasteiger partial charge in [0.2, 0.25) is 0 Å². The third kappa shape index (κ3) is 24.8. The van der Waals surface area contributed by atoms with Crippen molar-refractivity contribution >= 4 is 36.0 Å². The summed E-state index contributed by atoms with van der Waals surface area (Å²) in [6, 6.07) is 0. The van der Waals surface area contributed by atoms with Crippen molar-refractivity contribution in [3.8, 4) is 0 Å². The molecule has 3 rings (SSSR count). The first-order valence-electron chi connectivity index (χ1n) is 25.1. The van der Waals surface area contributed by atoms with Crippen molar-refractivity contribution in [2.45, 2.75) is 189 Å². The first-order chi connectivity index (χ1) is 30.8. The first kappa shape index (κ1) is 56.7. The Kier molecular flexibility index (Phi) is 29.3. The van der Waals surface area contributed by atoms with E-state index in [-0.39, 0.29) is 75.5 Å². The monoisotopic (exact) mass is 910 g/mol. The molecule has 0 amide bonds. The van der Waals surface area contributed by atoms with Crippen molar-refractivity contribution < 1.29 is 61.9 Å². The Morgan fingerprint density at radius 1 is 0.531 bits per heavy atom. The average molecular weight is 910 g/mol. The maximum absolute atomic E-state index is 13.8. The summed E-state index contributed by atoms with van der Waals surface area (Å²) in [5, 5.41) is 0. The highest BCUT2D eigenvalue weighted by atomic mass is 16.7. The van der Waals surface area contributed by atoms with Gasteiger partial charge in [0, 0.05) is 32.2 Å². The van der Waals surface area contributed by atoms with E-state index in [0.717, 1.165) is 116 Å². The van der Waals surface area contributed by atoms with Crippen molar-refractivity contribution in [2.75, 3.05) is 65.9 Å². The standard InChI is InChI=1S/C50H87NO13/c1-7-11-13-15-17-29-58-43(52)22-19-24-45(54)61-36-50(39-64-48(57)60-31-21-28-51(9-3)10-4,37-62-46(55)25-20-23-44(53)59-30-18-16-14-12-8-2)38-63-47(56)35-49-27-26-42(41(6)34-49)32-40(5)33-49/h40-42H,7-39H2,1-6H3. The molecule has 0 radical (unpaired) electrons. The van der Waals surface area contributed by atoms with Gasteiger partial charge in [0.1, 0.15) is 31.8 Å². The van der Waals surface area contributed by atoms with Crippen LogP contribution in [0.3, 0.4) is 0 Å². The van der Waals surface area contributed by atoms with E-state index in [9.17, 15) is 28.8 Å². The number of nitrogens with zero attached hydrogens (tertiary/aromatic N) is 1. The maximum atomic E-state index is 13.8. The van der Waals surface area contributed by atoms with Gasteiger partial charge in [-0.05, 0) is 100 Å². The molecule has 370 valence electrons. The zero-order chi connectivity index (χ0) is 47.1. The molecule has 0 saturated heterocycles. The Balaban J connectivity index is 2.16. The molecule has 3 aliphatic rings. The van der Waals surface area contributed by atoms with Crippen LogP contribution in [0.25, 0.3) is 0 Å². The quantitative estimate of drug-likeness (QED) is 0.0330. The van der Waals surface area contributed by atoms with Gasteiger partial charge < -0.3 is 38.1 Å². The summed E-state index contributed by atoms with van der Waals surface area (Å²) in [6.07, 6.45) is 15.5. The Morgan fingerprint density at radius 2 is 1.00 bits per heavy atom. The Morgan fingerprint density at radius 3 is 1.50 bits per heavy atom. The fraction of sp³-hybridized carbons (Fsp3) is 0.880. The van der Waals surface area contributed by atoms with Crippen molar-refractivity contribution in [3.63, 3.8) is 0 Å². The van der Waals surface area contributed by atoms with E-state index in [1.807, 2.05) is 0 Å². The third-order valence-electron chi connectivity index (χ3n) is 13.0. The molecule has 4 atom stereocenters. The molecule has 0 spiro atoms. The lowest BCUT2D eigenvalue weighted by Gasteiger charge is -2.40. The minimum Gasteiger partial charge on any atom is -0.466 e. The molecule has 0 heterocycles. The molecule has 4 unspecified atom stereocenters. The number of fused-ring (bicyclic) bond motifs is 4. The Bertz CT molecular complexity index is 1300. The summed E-state index contributed by atoms with van der Waals surface area (Å²) in [4.78, 5) is 79.9. The van der Waals surface area contributed by atoms with Crippen molar-refractivity contribution in [3.05, 3.63) is 0 Å². The van der Waals surface area contributed by atoms with E-state index in [2.05, 4.69) is 46.4 Å². The van der Waals surface area contributed by atoms with Crippen LogP contribution in [0.1, 0.15) is 189 Å². The van der Waals surface area contributed by atoms with Crippen LogP contribution < -0.4 is 0 Å². The van der Waals surface area contributed by atoms with Gasteiger partial charge in [-0.25, -0.2) is 4.79 Å².